The molecular weight excluding hydrogens is 338 g/mol. The molecule has 1 saturated carbocycles. The number of nitrogens with zero attached hydrogens (tertiary/aromatic N) is 5. The van der Waals surface area contributed by atoms with E-state index < -0.39 is 0 Å². The third kappa shape index (κ3) is 3.62. The molecule has 0 N–H and O–H groups in total. The van der Waals surface area contributed by atoms with Gasteiger partial charge >= 0.3 is 0 Å². The Labute approximate surface area is 160 Å². The van der Waals surface area contributed by atoms with Gasteiger partial charge in [0.2, 0.25) is 5.88 Å². The van der Waals surface area contributed by atoms with Gasteiger partial charge in [0, 0.05) is 36.3 Å². The van der Waals surface area contributed by atoms with Crippen LogP contribution in [0.4, 0.5) is 5.82 Å². The van der Waals surface area contributed by atoms with Crippen LogP contribution in [0.25, 0.3) is 0 Å². The van der Waals surface area contributed by atoms with E-state index in [-0.39, 0.29) is 0 Å². The fourth-order valence-electron chi connectivity index (χ4n) is 4.34. The van der Waals surface area contributed by atoms with Gasteiger partial charge in [0.05, 0.1) is 12.3 Å². The summed E-state index contributed by atoms with van der Waals surface area (Å²) in [5.41, 5.74) is 3.81. The van der Waals surface area contributed by atoms with Crippen LogP contribution in [0.3, 0.4) is 0 Å². The molecule has 0 aromatic carbocycles. The second-order valence-corrected chi connectivity index (χ2v) is 8.17. The summed E-state index contributed by atoms with van der Waals surface area (Å²) in [7, 11) is 0. The van der Waals surface area contributed by atoms with Gasteiger partial charge in [-0.25, -0.2) is 19.9 Å². The highest BCUT2D eigenvalue weighted by molar-refractivity contribution is 5.51. The lowest BCUT2D eigenvalue weighted by Gasteiger charge is -2.33. The first-order valence-electron chi connectivity index (χ1n) is 10.3. The largest absolute Gasteiger partial charge is 0.477 e. The van der Waals surface area contributed by atoms with Crippen LogP contribution >= 0.6 is 0 Å². The highest BCUT2D eigenvalue weighted by Gasteiger charge is 2.27. The molecule has 2 fully saturated rings. The SMILES string of the molecule is Cc1nc2c(c(N3CCC(COc4cc(C5CC5)ncn4)CC3)n1)CCC2. The molecule has 0 amide bonds. The van der Waals surface area contributed by atoms with Gasteiger partial charge < -0.3 is 9.64 Å². The van der Waals surface area contributed by atoms with Crippen molar-refractivity contribution >= 4 is 5.82 Å². The highest BCUT2D eigenvalue weighted by atomic mass is 16.5. The monoisotopic (exact) mass is 365 g/mol. The van der Waals surface area contributed by atoms with Crippen LogP contribution in [-0.4, -0.2) is 39.6 Å². The number of fused-ring (bicyclic) bond motifs is 1. The Balaban J connectivity index is 1.18. The summed E-state index contributed by atoms with van der Waals surface area (Å²) < 4.78 is 6.00. The average molecular weight is 365 g/mol. The van der Waals surface area contributed by atoms with E-state index in [0.717, 1.165) is 62.8 Å². The van der Waals surface area contributed by atoms with Crippen molar-refractivity contribution < 1.29 is 4.74 Å². The van der Waals surface area contributed by atoms with Gasteiger partial charge in [-0.1, -0.05) is 0 Å². The number of piperidine rings is 1. The lowest BCUT2D eigenvalue weighted by atomic mass is 9.97. The second-order valence-electron chi connectivity index (χ2n) is 8.17. The summed E-state index contributed by atoms with van der Waals surface area (Å²) in [4.78, 5) is 20.5. The Morgan fingerprint density at radius 1 is 1.07 bits per heavy atom. The maximum Gasteiger partial charge on any atom is 0.216 e. The summed E-state index contributed by atoms with van der Waals surface area (Å²) in [5.74, 6) is 4.05. The number of ether oxygens (including phenoxy) is 1. The van der Waals surface area contributed by atoms with Crippen LogP contribution in [0.1, 0.15) is 60.8 Å². The van der Waals surface area contributed by atoms with Crippen molar-refractivity contribution in [3.8, 4) is 5.88 Å². The maximum atomic E-state index is 6.00. The quantitative estimate of drug-likeness (QED) is 0.810. The first kappa shape index (κ1) is 16.9. The van der Waals surface area contributed by atoms with Gasteiger partial charge in [0.1, 0.15) is 18.0 Å². The van der Waals surface area contributed by atoms with Gasteiger partial charge in [-0.15, -0.1) is 0 Å². The molecule has 0 atom stereocenters. The minimum atomic E-state index is 0.580. The zero-order valence-electron chi connectivity index (χ0n) is 16.0. The summed E-state index contributed by atoms with van der Waals surface area (Å²) in [6, 6.07) is 2.03. The number of anilines is 1. The summed E-state index contributed by atoms with van der Waals surface area (Å²) in [5, 5.41) is 0. The van der Waals surface area contributed by atoms with E-state index in [1.165, 1.54) is 36.3 Å². The molecule has 2 aromatic heterocycles. The topological polar surface area (TPSA) is 64.0 Å². The molecule has 27 heavy (non-hydrogen) atoms. The highest BCUT2D eigenvalue weighted by Crippen LogP contribution is 2.39. The van der Waals surface area contributed by atoms with Gasteiger partial charge in [-0.05, 0) is 57.8 Å². The molecule has 0 bridgehead atoms. The minimum Gasteiger partial charge on any atom is -0.477 e. The zero-order chi connectivity index (χ0) is 18.2. The van der Waals surface area contributed by atoms with Crippen LogP contribution < -0.4 is 9.64 Å². The molecule has 6 nitrogen and oxygen atoms in total. The van der Waals surface area contributed by atoms with Crippen molar-refractivity contribution in [2.45, 2.75) is 57.8 Å². The summed E-state index contributed by atoms with van der Waals surface area (Å²) >= 11 is 0. The Hall–Kier alpha value is -2.24. The fourth-order valence-corrected chi connectivity index (χ4v) is 4.34. The fraction of sp³-hybridized carbons (Fsp3) is 0.619. The predicted octanol–water partition coefficient (Wildman–Crippen LogP) is 3.24. The van der Waals surface area contributed by atoms with E-state index in [0.29, 0.717) is 11.8 Å². The first-order chi connectivity index (χ1) is 13.3. The maximum absolute atomic E-state index is 6.00. The summed E-state index contributed by atoms with van der Waals surface area (Å²) in [6.07, 6.45) is 9.87. The minimum absolute atomic E-state index is 0.580. The molecule has 0 radical (unpaired) electrons. The van der Waals surface area contributed by atoms with E-state index >= 15 is 0 Å². The van der Waals surface area contributed by atoms with Crippen molar-refractivity contribution in [2.24, 2.45) is 5.92 Å². The standard InChI is InChI=1S/C21H27N5O/c1-14-24-18-4-2-3-17(18)21(25-14)26-9-7-15(8-10-26)12-27-20-11-19(16-5-6-16)22-13-23-20/h11,13,15-16H,2-10,12H2,1H3. The molecule has 0 unspecified atom stereocenters. The Kier molecular flexibility index (Phi) is 4.42. The third-order valence-corrected chi connectivity index (χ3v) is 6.06. The number of hydrogen-bond donors (Lipinski definition) is 0. The number of rotatable bonds is 5. The van der Waals surface area contributed by atoms with Crippen molar-refractivity contribution in [3.63, 3.8) is 0 Å². The molecule has 3 heterocycles. The van der Waals surface area contributed by atoms with Gasteiger partial charge in [-0.3, -0.25) is 0 Å². The van der Waals surface area contributed by atoms with Crippen molar-refractivity contribution in [1.82, 2.24) is 19.9 Å². The summed E-state index contributed by atoms with van der Waals surface area (Å²) in [6.45, 7) is 4.86. The molecule has 2 aliphatic carbocycles. The van der Waals surface area contributed by atoms with Crippen molar-refractivity contribution in [1.29, 1.82) is 0 Å². The van der Waals surface area contributed by atoms with Crippen LogP contribution in [0.5, 0.6) is 5.88 Å². The number of aryl methyl sites for hydroxylation is 2. The molecule has 2 aromatic rings. The predicted molar refractivity (Wildman–Crippen MR) is 103 cm³/mol. The molecule has 1 aliphatic heterocycles. The Morgan fingerprint density at radius 3 is 2.74 bits per heavy atom. The van der Waals surface area contributed by atoms with Crippen LogP contribution in [0.15, 0.2) is 12.4 Å². The molecule has 5 rings (SSSR count). The molecule has 3 aliphatic rings. The van der Waals surface area contributed by atoms with Gasteiger partial charge in [-0.2, -0.15) is 0 Å². The average Bonchev–Trinajstić information content (AvgIpc) is 3.45. The van der Waals surface area contributed by atoms with Crippen LogP contribution in [-0.2, 0) is 12.8 Å². The van der Waals surface area contributed by atoms with Crippen LogP contribution in [0.2, 0.25) is 0 Å². The smallest absolute Gasteiger partial charge is 0.216 e. The van der Waals surface area contributed by atoms with E-state index in [1.54, 1.807) is 6.33 Å². The van der Waals surface area contributed by atoms with Gasteiger partial charge in [0.15, 0.2) is 0 Å². The Bertz CT molecular complexity index is 827. The van der Waals surface area contributed by atoms with Crippen molar-refractivity contribution in [2.75, 3.05) is 24.6 Å². The van der Waals surface area contributed by atoms with E-state index in [1.807, 2.05) is 13.0 Å². The molecule has 142 valence electrons. The number of aromatic nitrogens is 4. The Morgan fingerprint density at radius 2 is 1.93 bits per heavy atom. The lowest BCUT2D eigenvalue weighted by Crippen LogP contribution is -2.37. The van der Waals surface area contributed by atoms with Gasteiger partial charge in [0.25, 0.3) is 0 Å². The second kappa shape index (κ2) is 7.06. The molecule has 6 heteroatoms. The molecular formula is C21H27N5O. The van der Waals surface area contributed by atoms with E-state index in [2.05, 4.69) is 19.9 Å². The molecule has 1 saturated heterocycles. The normalized spacial score (nSPS) is 20.0. The van der Waals surface area contributed by atoms with E-state index in [9.17, 15) is 0 Å². The van der Waals surface area contributed by atoms with E-state index in [4.69, 9.17) is 9.72 Å². The first-order valence-corrected chi connectivity index (χ1v) is 10.3. The zero-order valence-corrected chi connectivity index (χ0v) is 16.0. The number of hydrogen-bond acceptors (Lipinski definition) is 6. The third-order valence-electron chi connectivity index (χ3n) is 6.06. The lowest BCUT2D eigenvalue weighted by molar-refractivity contribution is 0.215. The molecule has 0 spiro atoms. The van der Waals surface area contributed by atoms with Crippen LogP contribution in [0, 0.1) is 12.8 Å². The van der Waals surface area contributed by atoms with Crippen molar-refractivity contribution in [3.05, 3.63) is 35.2 Å².